The maximum absolute atomic E-state index is 13.0. The number of H-pyrrole nitrogens is 1. The molecule has 8 heteroatoms. The summed E-state index contributed by atoms with van der Waals surface area (Å²) in [5, 5.41) is 0.784. The second-order valence-electron chi connectivity index (χ2n) is 7.90. The highest BCUT2D eigenvalue weighted by Crippen LogP contribution is 2.29. The minimum atomic E-state index is -0.635. The first-order valence-electron chi connectivity index (χ1n) is 11.8. The second kappa shape index (κ2) is 12.4. The first-order chi connectivity index (χ1) is 18.0. The molecular formula is C29H26FNO6. The quantitative estimate of drug-likeness (QED) is 0.117. The van der Waals surface area contributed by atoms with Crippen molar-refractivity contribution < 1.29 is 32.9 Å². The van der Waals surface area contributed by atoms with Gasteiger partial charge in [0.25, 0.3) is 0 Å². The van der Waals surface area contributed by atoms with Crippen molar-refractivity contribution in [2.75, 3.05) is 26.4 Å². The summed E-state index contributed by atoms with van der Waals surface area (Å²) < 4.78 is 35.1. The summed E-state index contributed by atoms with van der Waals surface area (Å²) >= 11 is 0. The molecule has 1 heterocycles. The lowest BCUT2D eigenvalue weighted by molar-refractivity contribution is -0.136. The number of fused-ring (bicyclic) bond motifs is 1. The second-order valence-corrected chi connectivity index (χ2v) is 7.90. The van der Waals surface area contributed by atoms with Crippen molar-refractivity contribution in [1.29, 1.82) is 0 Å². The lowest BCUT2D eigenvalue weighted by Crippen LogP contribution is -2.12. The molecule has 1 N–H and O–H groups in total. The van der Waals surface area contributed by atoms with E-state index in [1.54, 1.807) is 42.6 Å². The normalized spacial score (nSPS) is 11.0. The molecule has 190 valence electrons. The lowest BCUT2D eigenvalue weighted by atomic mass is 10.1. The van der Waals surface area contributed by atoms with Crippen molar-refractivity contribution in [2.45, 2.75) is 6.92 Å². The molecule has 0 saturated heterocycles. The molecule has 37 heavy (non-hydrogen) atoms. The van der Waals surface area contributed by atoms with E-state index in [9.17, 15) is 14.0 Å². The number of nitrogens with one attached hydrogen (secondary N) is 1. The molecule has 4 rings (SSSR count). The summed E-state index contributed by atoms with van der Waals surface area (Å²) in [6, 6.07) is 18.4. The highest BCUT2D eigenvalue weighted by molar-refractivity contribution is 6.09. The van der Waals surface area contributed by atoms with E-state index in [0.717, 1.165) is 10.9 Å². The van der Waals surface area contributed by atoms with Gasteiger partial charge in [-0.2, -0.15) is 0 Å². The van der Waals surface area contributed by atoms with Gasteiger partial charge < -0.3 is 23.9 Å². The minimum Gasteiger partial charge on any atom is -0.490 e. The number of aromatic amines is 1. The highest BCUT2D eigenvalue weighted by Gasteiger charge is 2.13. The number of hydrogen-bond acceptors (Lipinski definition) is 6. The van der Waals surface area contributed by atoms with Crippen LogP contribution in [0.1, 0.15) is 22.8 Å². The molecule has 0 aliphatic carbocycles. The van der Waals surface area contributed by atoms with E-state index in [2.05, 4.69) is 4.98 Å². The topological polar surface area (TPSA) is 86.9 Å². The predicted octanol–water partition coefficient (Wildman–Crippen LogP) is 5.60. The Morgan fingerprint density at radius 2 is 1.70 bits per heavy atom. The van der Waals surface area contributed by atoms with Crippen molar-refractivity contribution >= 4 is 28.7 Å². The van der Waals surface area contributed by atoms with E-state index in [1.165, 1.54) is 18.2 Å². The fourth-order valence-corrected chi connectivity index (χ4v) is 3.59. The van der Waals surface area contributed by atoms with Crippen LogP contribution >= 0.6 is 0 Å². The molecule has 0 atom stereocenters. The Kier molecular flexibility index (Phi) is 8.54. The molecule has 4 aromatic rings. The van der Waals surface area contributed by atoms with Crippen LogP contribution in [0.15, 0.2) is 79.0 Å². The molecule has 0 saturated carbocycles. The van der Waals surface area contributed by atoms with Crippen molar-refractivity contribution in [3.8, 4) is 17.2 Å². The number of para-hydroxylation sites is 1. The van der Waals surface area contributed by atoms with Gasteiger partial charge in [0.05, 0.1) is 6.61 Å². The number of aromatic nitrogens is 1. The SMILES string of the molecule is CCOc1cc(C=CC(=O)OCC(=O)c2c[nH]c3ccccc23)ccc1OCCOc1ccc(F)cc1. The number of rotatable bonds is 12. The first-order valence-corrected chi connectivity index (χ1v) is 11.8. The van der Waals surface area contributed by atoms with E-state index in [4.69, 9.17) is 18.9 Å². The third-order valence-corrected chi connectivity index (χ3v) is 5.34. The van der Waals surface area contributed by atoms with Crippen LogP contribution in [0.4, 0.5) is 4.39 Å². The van der Waals surface area contributed by atoms with Crippen LogP contribution in [0, 0.1) is 5.82 Å². The molecule has 3 aromatic carbocycles. The van der Waals surface area contributed by atoms with Crippen LogP contribution in [-0.2, 0) is 9.53 Å². The Labute approximate surface area is 213 Å². The predicted molar refractivity (Wildman–Crippen MR) is 138 cm³/mol. The maximum atomic E-state index is 13.0. The molecule has 0 spiro atoms. The van der Waals surface area contributed by atoms with Crippen molar-refractivity contribution in [1.82, 2.24) is 4.98 Å². The van der Waals surface area contributed by atoms with Crippen molar-refractivity contribution in [3.63, 3.8) is 0 Å². The third-order valence-electron chi connectivity index (χ3n) is 5.34. The molecule has 0 aliphatic heterocycles. The number of halogens is 1. The van der Waals surface area contributed by atoms with E-state index < -0.39 is 5.97 Å². The van der Waals surface area contributed by atoms with Crippen LogP contribution in [-0.4, -0.2) is 43.2 Å². The molecular weight excluding hydrogens is 477 g/mol. The van der Waals surface area contributed by atoms with Gasteiger partial charge in [0.15, 0.2) is 18.1 Å². The Morgan fingerprint density at radius 1 is 0.919 bits per heavy atom. The molecule has 1 aromatic heterocycles. The van der Waals surface area contributed by atoms with Crippen LogP contribution in [0.3, 0.4) is 0 Å². The summed E-state index contributed by atoms with van der Waals surface area (Å²) in [6.45, 7) is 2.44. The molecule has 0 fully saturated rings. The van der Waals surface area contributed by atoms with Crippen LogP contribution < -0.4 is 14.2 Å². The van der Waals surface area contributed by atoms with Crippen molar-refractivity contribution in [2.24, 2.45) is 0 Å². The smallest absolute Gasteiger partial charge is 0.331 e. The number of ether oxygens (including phenoxy) is 4. The summed E-state index contributed by atoms with van der Waals surface area (Å²) in [5.74, 6) is 0.326. The summed E-state index contributed by atoms with van der Waals surface area (Å²) in [7, 11) is 0. The van der Waals surface area contributed by atoms with E-state index in [1.807, 2.05) is 31.2 Å². The van der Waals surface area contributed by atoms with E-state index >= 15 is 0 Å². The summed E-state index contributed by atoms with van der Waals surface area (Å²) in [6.07, 6.45) is 4.44. The van der Waals surface area contributed by atoms with Gasteiger partial charge in [0.1, 0.15) is 24.8 Å². The van der Waals surface area contributed by atoms with Gasteiger partial charge in [-0.25, -0.2) is 9.18 Å². The fourth-order valence-electron chi connectivity index (χ4n) is 3.59. The van der Waals surface area contributed by atoms with Crippen LogP contribution in [0.5, 0.6) is 17.2 Å². The lowest BCUT2D eigenvalue weighted by Gasteiger charge is -2.13. The highest BCUT2D eigenvalue weighted by atomic mass is 19.1. The Bertz CT molecular complexity index is 1390. The molecule has 0 aliphatic rings. The minimum absolute atomic E-state index is 0.253. The van der Waals surface area contributed by atoms with Gasteiger partial charge in [-0.1, -0.05) is 24.3 Å². The van der Waals surface area contributed by atoms with Gasteiger partial charge in [0.2, 0.25) is 5.78 Å². The molecule has 0 amide bonds. The van der Waals surface area contributed by atoms with Gasteiger partial charge in [0, 0.05) is 28.7 Å². The van der Waals surface area contributed by atoms with Gasteiger partial charge in [-0.05, 0) is 61.0 Å². The monoisotopic (exact) mass is 503 g/mol. The van der Waals surface area contributed by atoms with E-state index in [-0.39, 0.29) is 31.4 Å². The Balaban J connectivity index is 1.29. The number of carbonyl (C=O) groups excluding carboxylic acids is 2. The molecule has 0 unspecified atom stereocenters. The number of benzene rings is 3. The Hall–Kier alpha value is -4.59. The number of Topliss-reactive ketones (excluding diaryl/α,β-unsaturated/α-hetero) is 1. The average molecular weight is 504 g/mol. The number of carbonyl (C=O) groups is 2. The summed E-state index contributed by atoms with van der Waals surface area (Å²) in [5.41, 5.74) is 2.01. The van der Waals surface area contributed by atoms with Crippen LogP contribution in [0.25, 0.3) is 17.0 Å². The maximum Gasteiger partial charge on any atom is 0.331 e. The molecule has 0 radical (unpaired) electrons. The zero-order chi connectivity index (χ0) is 26.0. The zero-order valence-electron chi connectivity index (χ0n) is 20.2. The Morgan fingerprint density at radius 3 is 2.51 bits per heavy atom. The fraction of sp³-hybridized carbons (Fsp3) is 0.172. The van der Waals surface area contributed by atoms with Gasteiger partial charge >= 0.3 is 5.97 Å². The number of hydrogen-bond donors (Lipinski definition) is 1. The molecule has 7 nitrogen and oxygen atoms in total. The van der Waals surface area contributed by atoms with Crippen molar-refractivity contribution in [3.05, 3.63) is 95.9 Å². The van der Waals surface area contributed by atoms with Crippen LogP contribution in [0.2, 0.25) is 0 Å². The van der Waals surface area contributed by atoms with Gasteiger partial charge in [-0.3, -0.25) is 4.79 Å². The number of esters is 1. The van der Waals surface area contributed by atoms with Gasteiger partial charge in [-0.15, -0.1) is 0 Å². The first kappa shape index (κ1) is 25.5. The standard InChI is InChI=1S/C29H26FNO6/c1-2-34-28-17-20(7-13-27(28)36-16-15-35-22-11-9-21(30)10-12-22)8-14-29(33)37-19-26(32)24-18-31-25-6-4-3-5-23(24)25/h3-14,17-18,31H,2,15-16,19H2,1H3. The third kappa shape index (κ3) is 6.98. The largest absolute Gasteiger partial charge is 0.490 e. The van der Waals surface area contributed by atoms with E-state index in [0.29, 0.717) is 35.0 Å². The molecule has 0 bridgehead atoms. The summed E-state index contributed by atoms with van der Waals surface area (Å²) in [4.78, 5) is 27.7. The average Bonchev–Trinajstić information content (AvgIpc) is 3.35. The number of ketones is 1. The zero-order valence-corrected chi connectivity index (χ0v) is 20.2.